The summed E-state index contributed by atoms with van der Waals surface area (Å²) < 4.78 is 15.8. The van der Waals surface area contributed by atoms with E-state index in [2.05, 4.69) is 43.3 Å². The Balaban J connectivity index is 1.17. The van der Waals surface area contributed by atoms with Crippen molar-refractivity contribution in [3.63, 3.8) is 0 Å². The average Bonchev–Trinajstić information content (AvgIpc) is 3.52. The van der Waals surface area contributed by atoms with Crippen LogP contribution in [-0.2, 0) is 4.79 Å². The van der Waals surface area contributed by atoms with Crippen molar-refractivity contribution >= 4 is 28.5 Å². The molecule has 3 N–H and O–H groups in total. The number of hydrogen-bond acceptors (Lipinski definition) is 10. The third-order valence-electron chi connectivity index (χ3n) is 6.24. The predicted octanol–water partition coefficient (Wildman–Crippen LogP) is 2.69. The van der Waals surface area contributed by atoms with Crippen molar-refractivity contribution in [2.45, 2.75) is 24.7 Å². The van der Waals surface area contributed by atoms with Crippen LogP contribution in [0.5, 0.6) is 17.2 Å². The number of carbonyl (C=O) groups is 1. The molecule has 10 nitrogen and oxygen atoms in total. The Kier molecular flexibility index (Phi) is 6.60. The van der Waals surface area contributed by atoms with Gasteiger partial charge >= 0.3 is 0 Å². The lowest BCUT2D eigenvalue weighted by Gasteiger charge is -2.36. The number of benzene rings is 2. The van der Waals surface area contributed by atoms with Gasteiger partial charge in [0, 0.05) is 18.5 Å². The summed E-state index contributed by atoms with van der Waals surface area (Å²) in [7, 11) is 4.81. The number of hydrazone groups is 1. The van der Waals surface area contributed by atoms with E-state index in [1.165, 1.54) is 17.3 Å². The second-order valence-corrected chi connectivity index (χ2v) is 9.18. The molecule has 3 aliphatic heterocycles. The molecule has 3 aliphatic rings. The number of carbonyl (C=O) groups excluding carboxylic acids is 1. The Morgan fingerprint density at radius 1 is 1.09 bits per heavy atom. The second kappa shape index (κ2) is 9.96. The molecule has 0 saturated carbocycles. The molecule has 184 valence electrons. The molecule has 3 unspecified atom stereocenters. The molecular formula is C24H28N6O4S. The summed E-state index contributed by atoms with van der Waals surface area (Å²) in [6, 6.07) is 13.8. The van der Waals surface area contributed by atoms with E-state index >= 15 is 0 Å². The summed E-state index contributed by atoms with van der Waals surface area (Å²) in [5, 5.41) is 10.3. The van der Waals surface area contributed by atoms with Crippen molar-refractivity contribution in [3.8, 4) is 17.2 Å². The molecule has 0 bridgehead atoms. The van der Waals surface area contributed by atoms with Crippen LogP contribution >= 0.6 is 11.8 Å². The summed E-state index contributed by atoms with van der Waals surface area (Å²) >= 11 is 1.39. The number of amidine groups is 1. The molecule has 0 aliphatic carbocycles. The Morgan fingerprint density at radius 3 is 2.60 bits per heavy atom. The highest BCUT2D eigenvalue weighted by molar-refractivity contribution is 8.14. The minimum Gasteiger partial charge on any atom is -0.497 e. The van der Waals surface area contributed by atoms with Crippen LogP contribution in [0.3, 0.4) is 0 Å². The van der Waals surface area contributed by atoms with Crippen molar-refractivity contribution in [2.24, 2.45) is 5.10 Å². The van der Waals surface area contributed by atoms with Crippen molar-refractivity contribution in [1.29, 1.82) is 0 Å². The van der Waals surface area contributed by atoms with E-state index in [9.17, 15) is 4.79 Å². The molecule has 1 fully saturated rings. The molecule has 2 aromatic carbocycles. The molecule has 0 radical (unpaired) electrons. The van der Waals surface area contributed by atoms with Gasteiger partial charge in [-0.15, -0.1) is 0 Å². The zero-order chi connectivity index (χ0) is 24.4. The first-order valence-electron chi connectivity index (χ1n) is 11.2. The van der Waals surface area contributed by atoms with Crippen LogP contribution in [-0.4, -0.2) is 60.3 Å². The molecular weight excluding hydrogens is 468 g/mol. The number of amides is 1. The third-order valence-corrected chi connectivity index (χ3v) is 7.20. The molecule has 35 heavy (non-hydrogen) atoms. The van der Waals surface area contributed by atoms with Gasteiger partial charge in [0.1, 0.15) is 23.4 Å². The highest BCUT2D eigenvalue weighted by Gasteiger charge is 2.44. The molecule has 1 amide bonds. The highest BCUT2D eigenvalue weighted by Crippen LogP contribution is 2.35. The van der Waals surface area contributed by atoms with Gasteiger partial charge in [0.05, 0.1) is 44.9 Å². The number of rotatable bonds is 7. The van der Waals surface area contributed by atoms with Gasteiger partial charge in [0.2, 0.25) is 5.91 Å². The van der Waals surface area contributed by atoms with E-state index in [1.54, 1.807) is 39.5 Å². The zero-order valence-corrected chi connectivity index (χ0v) is 20.5. The largest absolute Gasteiger partial charge is 0.497 e. The lowest BCUT2D eigenvalue weighted by molar-refractivity contribution is -0.113. The zero-order valence-electron chi connectivity index (χ0n) is 19.7. The monoisotopic (exact) mass is 496 g/mol. The summed E-state index contributed by atoms with van der Waals surface area (Å²) in [5.74, 6) is 2.12. The Bertz CT molecular complexity index is 1140. The number of thioether (sulfide) groups is 1. The maximum atomic E-state index is 12.6. The maximum Gasteiger partial charge on any atom is 0.234 e. The number of fused-ring (bicyclic) bond motifs is 3. The lowest BCUT2D eigenvalue weighted by atomic mass is 10.00. The van der Waals surface area contributed by atoms with E-state index < -0.39 is 0 Å². The van der Waals surface area contributed by atoms with Gasteiger partial charge in [-0.05, 0) is 36.2 Å². The predicted molar refractivity (Wildman–Crippen MR) is 135 cm³/mol. The van der Waals surface area contributed by atoms with E-state index in [0.29, 0.717) is 17.2 Å². The van der Waals surface area contributed by atoms with Crippen molar-refractivity contribution in [1.82, 2.24) is 20.8 Å². The fraction of sp³-hybridized carbons (Fsp3) is 0.333. The minimum absolute atomic E-state index is 0.0111. The lowest BCUT2D eigenvalue weighted by Crippen LogP contribution is -2.54. The van der Waals surface area contributed by atoms with E-state index in [-0.39, 0.29) is 29.9 Å². The highest BCUT2D eigenvalue weighted by atomic mass is 32.2. The van der Waals surface area contributed by atoms with Crippen molar-refractivity contribution in [3.05, 3.63) is 60.4 Å². The number of hydrazine groups is 1. The Morgan fingerprint density at radius 2 is 1.86 bits per heavy atom. The normalized spacial score (nSPS) is 22.1. The van der Waals surface area contributed by atoms with Crippen LogP contribution in [0.2, 0.25) is 0 Å². The summed E-state index contributed by atoms with van der Waals surface area (Å²) in [6.07, 6.45) is 4.91. The van der Waals surface area contributed by atoms with E-state index in [1.807, 2.05) is 24.5 Å². The van der Waals surface area contributed by atoms with Gasteiger partial charge in [-0.25, -0.2) is 5.43 Å². The number of nitrogens with zero attached hydrogens (tertiary/aromatic N) is 3. The minimum atomic E-state index is -0.144. The van der Waals surface area contributed by atoms with Gasteiger partial charge in [-0.1, -0.05) is 23.9 Å². The summed E-state index contributed by atoms with van der Waals surface area (Å²) in [4.78, 5) is 14.7. The molecule has 2 aromatic rings. The van der Waals surface area contributed by atoms with Gasteiger partial charge in [-0.3, -0.25) is 10.2 Å². The van der Waals surface area contributed by atoms with E-state index in [0.717, 1.165) is 17.3 Å². The molecule has 0 aromatic heterocycles. The van der Waals surface area contributed by atoms with E-state index in [4.69, 9.17) is 14.2 Å². The van der Waals surface area contributed by atoms with Gasteiger partial charge < -0.3 is 29.4 Å². The van der Waals surface area contributed by atoms with Crippen LogP contribution in [0.1, 0.15) is 18.0 Å². The van der Waals surface area contributed by atoms with Crippen molar-refractivity contribution < 1.29 is 19.0 Å². The van der Waals surface area contributed by atoms with Crippen LogP contribution in [0, 0.1) is 0 Å². The molecule has 3 heterocycles. The standard InChI is InChI=1S/C24H28N6O4S/c1-32-16-6-4-15(5-7-16)19-13-20-23-26-27-24(29(23)10-11-30(20)28-19)35-14-22(31)25-18-9-8-17(33-2)12-21(18)34-3/h4-12,19-20,23,26,28H,13-14H2,1-3H3,(H,25,31). The Hall–Kier alpha value is -3.57. The van der Waals surface area contributed by atoms with Crippen molar-refractivity contribution in [2.75, 3.05) is 32.4 Å². The maximum absolute atomic E-state index is 12.6. The van der Waals surface area contributed by atoms with Crippen LogP contribution < -0.4 is 30.4 Å². The Labute approximate surface area is 208 Å². The fourth-order valence-electron chi connectivity index (χ4n) is 4.42. The molecule has 5 rings (SSSR count). The number of anilines is 1. The van der Waals surface area contributed by atoms with Gasteiger partial charge in [0.25, 0.3) is 0 Å². The van der Waals surface area contributed by atoms with Crippen LogP contribution in [0.25, 0.3) is 0 Å². The number of hydrogen-bond donors (Lipinski definition) is 3. The average molecular weight is 497 g/mol. The first kappa shape index (κ1) is 23.2. The topological polar surface area (TPSA) is 99.7 Å². The second-order valence-electron chi connectivity index (χ2n) is 8.24. The molecule has 1 saturated heterocycles. The summed E-state index contributed by atoms with van der Waals surface area (Å²) in [6.45, 7) is 0. The quantitative estimate of drug-likeness (QED) is 0.534. The fourth-order valence-corrected chi connectivity index (χ4v) is 5.19. The molecule has 0 spiro atoms. The SMILES string of the molecule is COc1ccc(C2CC3C4NN=C(SCC(=O)Nc5ccc(OC)cc5OC)N4C=CN3N2)cc1. The molecule has 3 atom stereocenters. The first-order chi connectivity index (χ1) is 17.1. The smallest absolute Gasteiger partial charge is 0.234 e. The number of ether oxygens (including phenoxy) is 3. The summed E-state index contributed by atoms with van der Waals surface area (Å²) in [5.41, 5.74) is 8.62. The van der Waals surface area contributed by atoms with Gasteiger partial charge in [-0.2, -0.15) is 5.10 Å². The van der Waals surface area contributed by atoms with Gasteiger partial charge in [0.15, 0.2) is 5.17 Å². The van der Waals surface area contributed by atoms with Crippen LogP contribution in [0.4, 0.5) is 5.69 Å². The third kappa shape index (κ3) is 4.69. The number of nitrogens with one attached hydrogen (secondary N) is 3. The van der Waals surface area contributed by atoms with Crippen LogP contribution in [0.15, 0.2) is 60.0 Å². The first-order valence-corrected chi connectivity index (χ1v) is 12.2. The molecule has 11 heteroatoms. The number of methoxy groups -OCH3 is 3.